The van der Waals surface area contributed by atoms with Crippen LogP contribution in [0.4, 0.5) is 0 Å². The molecule has 0 aromatic heterocycles. The molecule has 3 heteroatoms. The third-order valence-electron chi connectivity index (χ3n) is 4.77. The third kappa shape index (κ3) is 3.13. The van der Waals surface area contributed by atoms with E-state index in [1.54, 1.807) is 0 Å². The Morgan fingerprint density at radius 1 is 1.29 bits per heavy atom. The Labute approximate surface area is 127 Å². The monoisotopic (exact) mass is 287 g/mol. The van der Waals surface area contributed by atoms with Crippen molar-refractivity contribution in [2.45, 2.75) is 52.1 Å². The number of hydrogen-bond acceptors (Lipinski definition) is 2. The van der Waals surface area contributed by atoms with Crippen LogP contribution < -0.4 is 0 Å². The second kappa shape index (κ2) is 5.45. The van der Waals surface area contributed by atoms with Gasteiger partial charge in [-0.2, -0.15) is 0 Å². The summed E-state index contributed by atoms with van der Waals surface area (Å²) in [6.45, 7) is 5.63. The SMILES string of the molecule is CC1(C)C[C@H](O)CCN(C(=O)c2ccc3c(c2)CCC3)C1. The first-order chi connectivity index (χ1) is 9.94. The molecule has 1 aliphatic heterocycles. The van der Waals surface area contributed by atoms with Gasteiger partial charge in [-0.15, -0.1) is 0 Å². The molecule has 0 radical (unpaired) electrons. The Kier molecular flexibility index (Phi) is 3.78. The number of benzene rings is 1. The number of aliphatic hydroxyl groups excluding tert-OH is 1. The minimum atomic E-state index is -0.294. The van der Waals surface area contributed by atoms with Gasteiger partial charge in [-0.25, -0.2) is 0 Å². The van der Waals surface area contributed by atoms with E-state index in [9.17, 15) is 9.90 Å². The Hall–Kier alpha value is -1.35. The fraction of sp³-hybridized carbons (Fsp3) is 0.611. The van der Waals surface area contributed by atoms with Crippen molar-refractivity contribution in [1.82, 2.24) is 4.90 Å². The summed E-state index contributed by atoms with van der Waals surface area (Å²) in [5.74, 6) is 0.117. The topological polar surface area (TPSA) is 40.5 Å². The maximum Gasteiger partial charge on any atom is 0.253 e. The molecule has 0 spiro atoms. The van der Waals surface area contributed by atoms with E-state index in [0.29, 0.717) is 13.0 Å². The fourth-order valence-electron chi connectivity index (χ4n) is 3.77. The molecule has 0 saturated carbocycles. The molecular weight excluding hydrogens is 262 g/mol. The molecule has 1 saturated heterocycles. The summed E-state index contributed by atoms with van der Waals surface area (Å²) in [5, 5.41) is 9.98. The minimum Gasteiger partial charge on any atom is -0.393 e. The van der Waals surface area contributed by atoms with Crippen molar-refractivity contribution in [3.63, 3.8) is 0 Å². The van der Waals surface area contributed by atoms with E-state index in [2.05, 4.69) is 26.0 Å². The third-order valence-corrected chi connectivity index (χ3v) is 4.77. The van der Waals surface area contributed by atoms with E-state index < -0.39 is 0 Å². The van der Waals surface area contributed by atoms with Crippen LogP contribution in [0.25, 0.3) is 0 Å². The summed E-state index contributed by atoms with van der Waals surface area (Å²) in [5.41, 5.74) is 3.53. The number of fused-ring (bicyclic) bond motifs is 1. The molecule has 1 N–H and O–H groups in total. The Balaban J connectivity index is 1.81. The zero-order chi connectivity index (χ0) is 15.0. The van der Waals surface area contributed by atoms with Crippen LogP contribution in [-0.2, 0) is 12.8 Å². The molecule has 21 heavy (non-hydrogen) atoms. The van der Waals surface area contributed by atoms with Crippen molar-refractivity contribution in [3.05, 3.63) is 34.9 Å². The summed E-state index contributed by atoms with van der Waals surface area (Å²) in [6, 6.07) is 6.17. The van der Waals surface area contributed by atoms with Gasteiger partial charge < -0.3 is 10.0 Å². The molecule has 1 fully saturated rings. The standard InChI is InChI=1S/C18H25NO2/c1-18(2)11-16(20)8-9-19(12-18)17(21)15-7-6-13-4-3-5-14(13)10-15/h6-7,10,16,20H,3-5,8-9,11-12H2,1-2H3/t16-/m1/s1. The Morgan fingerprint density at radius 3 is 2.86 bits per heavy atom. The second-order valence-corrected chi connectivity index (χ2v) is 7.37. The smallest absolute Gasteiger partial charge is 0.253 e. The zero-order valence-electron chi connectivity index (χ0n) is 13.1. The summed E-state index contributed by atoms with van der Waals surface area (Å²) in [4.78, 5) is 14.7. The van der Waals surface area contributed by atoms with Gasteiger partial charge in [-0.3, -0.25) is 4.79 Å². The molecule has 2 aliphatic rings. The fourth-order valence-corrected chi connectivity index (χ4v) is 3.77. The second-order valence-electron chi connectivity index (χ2n) is 7.37. The van der Waals surface area contributed by atoms with Crippen LogP contribution in [0.2, 0.25) is 0 Å². The summed E-state index contributed by atoms with van der Waals surface area (Å²) in [7, 11) is 0. The molecule has 3 nitrogen and oxygen atoms in total. The average molecular weight is 287 g/mol. The Morgan fingerprint density at radius 2 is 2.05 bits per heavy atom. The molecule has 0 bridgehead atoms. The number of amides is 1. The van der Waals surface area contributed by atoms with E-state index in [0.717, 1.165) is 31.4 Å². The zero-order valence-corrected chi connectivity index (χ0v) is 13.1. The number of carbonyl (C=O) groups is 1. The van der Waals surface area contributed by atoms with Crippen LogP contribution in [0, 0.1) is 5.41 Å². The lowest BCUT2D eigenvalue weighted by Gasteiger charge is -2.30. The van der Waals surface area contributed by atoms with Crippen molar-refractivity contribution >= 4 is 5.91 Å². The van der Waals surface area contributed by atoms with Gasteiger partial charge in [0.25, 0.3) is 5.91 Å². The number of likely N-dealkylation sites (tertiary alicyclic amines) is 1. The number of aryl methyl sites for hydroxylation is 2. The van der Waals surface area contributed by atoms with E-state index in [1.807, 2.05) is 11.0 Å². The highest BCUT2D eigenvalue weighted by molar-refractivity contribution is 5.94. The first-order valence-electron chi connectivity index (χ1n) is 8.04. The summed E-state index contributed by atoms with van der Waals surface area (Å²) >= 11 is 0. The Bertz CT molecular complexity index is 550. The van der Waals surface area contributed by atoms with Crippen LogP contribution >= 0.6 is 0 Å². The normalized spacial score (nSPS) is 24.5. The van der Waals surface area contributed by atoms with Gasteiger partial charge in [-0.05, 0) is 60.8 Å². The number of hydrogen-bond donors (Lipinski definition) is 1. The van der Waals surface area contributed by atoms with Gasteiger partial charge in [-0.1, -0.05) is 19.9 Å². The predicted octanol–water partition coefficient (Wildman–Crippen LogP) is 2.80. The van der Waals surface area contributed by atoms with Crippen molar-refractivity contribution in [3.8, 4) is 0 Å². The van der Waals surface area contributed by atoms with Crippen LogP contribution in [0.5, 0.6) is 0 Å². The van der Waals surface area contributed by atoms with Gasteiger partial charge in [0, 0.05) is 18.7 Å². The van der Waals surface area contributed by atoms with Crippen molar-refractivity contribution in [1.29, 1.82) is 0 Å². The van der Waals surface area contributed by atoms with Crippen molar-refractivity contribution in [2.75, 3.05) is 13.1 Å². The summed E-state index contributed by atoms with van der Waals surface area (Å²) in [6.07, 6.45) is 4.60. The predicted molar refractivity (Wildman–Crippen MR) is 83.4 cm³/mol. The lowest BCUT2D eigenvalue weighted by molar-refractivity contribution is 0.0705. The number of nitrogens with zero attached hydrogens (tertiary/aromatic N) is 1. The quantitative estimate of drug-likeness (QED) is 0.863. The van der Waals surface area contributed by atoms with Crippen molar-refractivity contribution < 1.29 is 9.90 Å². The molecule has 0 unspecified atom stereocenters. The highest BCUT2D eigenvalue weighted by Crippen LogP contribution is 2.30. The van der Waals surface area contributed by atoms with Gasteiger partial charge in [0.2, 0.25) is 0 Å². The number of aliphatic hydroxyl groups is 1. The van der Waals surface area contributed by atoms with Crippen LogP contribution in [0.1, 0.15) is 54.6 Å². The van der Waals surface area contributed by atoms with E-state index in [4.69, 9.17) is 0 Å². The van der Waals surface area contributed by atoms with E-state index in [-0.39, 0.29) is 17.4 Å². The largest absolute Gasteiger partial charge is 0.393 e. The van der Waals surface area contributed by atoms with Gasteiger partial charge in [0.15, 0.2) is 0 Å². The number of rotatable bonds is 1. The highest BCUT2D eigenvalue weighted by atomic mass is 16.3. The molecule has 1 heterocycles. The highest BCUT2D eigenvalue weighted by Gasteiger charge is 2.31. The van der Waals surface area contributed by atoms with Gasteiger partial charge in [0.1, 0.15) is 0 Å². The van der Waals surface area contributed by atoms with E-state index in [1.165, 1.54) is 17.5 Å². The summed E-state index contributed by atoms with van der Waals surface area (Å²) < 4.78 is 0. The molecule has 1 aliphatic carbocycles. The molecule has 1 aromatic rings. The van der Waals surface area contributed by atoms with Crippen LogP contribution in [0.3, 0.4) is 0 Å². The first kappa shape index (κ1) is 14.6. The molecular formula is C18H25NO2. The van der Waals surface area contributed by atoms with Gasteiger partial charge >= 0.3 is 0 Å². The molecule has 1 atom stereocenters. The molecule has 114 valence electrons. The van der Waals surface area contributed by atoms with Crippen molar-refractivity contribution in [2.24, 2.45) is 5.41 Å². The first-order valence-corrected chi connectivity index (χ1v) is 8.04. The molecule has 3 rings (SSSR count). The maximum atomic E-state index is 12.8. The lowest BCUT2D eigenvalue weighted by atomic mass is 9.87. The molecule has 1 amide bonds. The minimum absolute atomic E-state index is 0.0255. The number of carbonyl (C=O) groups excluding carboxylic acids is 1. The lowest BCUT2D eigenvalue weighted by Crippen LogP contribution is -2.37. The van der Waals surface area contributed by atoms with Crippen LogP contribution in [0.15, 0.2) is 18.2 Å². The maximum absolute atomic E-state index is 12.8. The van der Waals surface area contributed by atoms with E-state index >= 15 is 0 Å². The van der Waals surface area contributed by atoms with Crippen LogP contribution in [-0.4, -0.2) is 35.1 Å². The molecule has 1 aromatic carbocycles. The average Bonchev–Trinajstić information content (AvgIpc) is 2.83. The van der Waals surface area contributed by atoms with Gasteiger partial charge in [0.05, 0.1) is 6.10 Å².